The Morgan fingerprint density at radius 2 is 1.83 bits per heavy atom. The molecule has 0 aliphatic carbocycles. The first-order chi connectivity index (χ1) is 11.0. The lowest BCUT2D eigenvalue weighted by molar-refractivity contribution is -0.134. The van der Waals surface area contributed by atoms with Crippen molar-refractivity contribution in [3.63, 3.8) is 0 Å². The standard InChI is InChI=1S/C20H22O3/c1-20(2,13-12-19(21)22-3)17-10-7-11-18(14-17)23-15-16-8-5-4-6-9-16/h4-14H,15H2,1-3H3/b13-12+. The lowest BCUT2D eigenvalue weighted by Gasteiger charge is -2.21. The average molecular weight is 310 g/mol. The summed E-state index contributed by atoms with van der Waals surface area (Å²) in [7, 11) is 1.37. The van der Waals surface area contributed by atoms with Gasteiger partial charge in [-0.25, -0.2) is 4.79 Å². The summed E-state index contributed by atoms with van der Waals surface area (Å²) in [5.74, 6) is 0.459. The molecule has 0 amide bonds. The van der Waals surface area contributed by atoms with Crippen LogP contribution in [0.4, 0.5) is 0 Å². The van der Waals surface area contributed by atoms with E-state index in [1.165, 1.54) is 13.2 Å². The van der Waals surface area contributed by atoms with Crippen molar-refractivity contribution in [1.29, 1.82) is 0 Å². The molecule has 3 heteroatoms. The third kappa shape index (κ3) is 4.99. The Bertz CT molecular complexity index is 672. The van der Waals surface area contributed by atoms with Crippen LogP contribution in [0.2, 0.25) is 0 Å². The Kier molecular flexibility index (Phi) is 5.58. The molecule has 0 aliphatic rings. The molecule has 120 valence electrons. The summed E-state index contributed by atoms with van der Waals surface area (Å²) >= 11 is 0. The van der Waals surface area contributed by atoms with E-state index in [1.807, 2.05) is 74.5 Å². The number of carbonyl (C=O) groups is 1. The number of benzene rings is 2. The number of allylic oxidation sites excluding steroid dienone is 1. The summed E-state index contributed by atoms with van der Waals surface area (Å²) in [6, 6.07) is 18.0. The lowest BCUT2D eigenvalue weighted by Crippen LogP contribution is -2.14. The van der Waals surface area contributed by atoms with E-state index in [9.17, 15) is 4.79 Å². The van der Waals surface area contributed by atoms with Gasteiger partial charge < -0.3 is 9.47 Å². The van der Waals surface area contributed by atoms with Crippen LogP contribution in [0.25, 0.3) is 0 Å². The molecule has 2 aromatic rings. The van der Waals surface area contributed by atoms with Gasteiger partial charge in [0.25, 0.3) is 0 Å². The molecule has 2 aromatic carbocycles. The van der Waals surface area contributed by atoms with Crippen molar-refractivity contribution in [2.45, 2.75) is 25.9 Å². The van der Waals surface area contributed by atoms with Crippen LogP contribution < -0.4 is 4.74 Å². The van der Waals surface area contributed by atoms with Crippen LogP contribution in [0.1, 0.15) is 25.0 Å². The summed E-state index contributed by atoms with van der Waals surface area (Å²) in [5, 5.41) is 0. The van der Waals surface area contributed by atoms with E-state index in [0.29, 0.717) is 6.61 Å². The van der Waals surface area contributed by atoms with Crippen molar-refractivity contribution < 1.29 is 14.3 Å². The van der Waals surface area contributed by atoms with Crippen molar-refractivity contribution in [3.8, 4) is 5.75 Å². The molecule has 0 radical (unpaired) electrons. The minimum absolute atomic E-state index is 0.291. The molecule has 0 bridgehead atoms. The Morgan fingerprint density at radius 3 is 2.52 bits per heavy atom. The first kappa shape index (κ1) is 16.8. The summed E-state index contributed by atoms with van der Waals surface area (Å²) in [6.45, 7) is 4.62. The Labute approximate surface area is 137 Å². The second-order valence-corrected chi connectivity index (χ2v) is 5.88. The van der Waals surface area contributed by atoms with Gasteiger partial charge in [-0.1, -0.05) is 62.4 Å². The van der Waals surface area contributed by atoms with Gasteiger partial charge in [0.1, 0.15) is 12.4 Å². The fourth-order valence-corrected chi connectivity index (χ4v) is 2.17. The van der Waals surface area contributed by atoms with Crippen LogP contribution in [0.15, 0.2) is 66.7 Å². The van der Waals surface area contributed by atoms with Crippen molar-refractivity contribution in [2.75, 3.05) is 7.11 Å². The summed E-state index contributed by atoms with van der Waals surface area (Å²) in [5.41, 5.74) is 1.91. The van der Waals surface area contributed by atoms with Crippen LogP contribution >= 0.6 is 0 Å². The smallest absolute Gasteiger partial charge is 0.330 e. The Hall–Kier alpha value is -2.55. The maximum absolute atomic E-state index is 11.3. The van der Waals surface area contributed by atoms with E-state index in [1.54, 1.807) is 0 Å². The summed E-state index contributed by atoms with van der Waals surface area (Å²) < 4.78 is 10.5. The molecular weight excluding hydrogens is 288 g/mol. The first-order valence-corrected chi connectivity index (χ1v) is 7.56. The van der Waals surface area contributed by atoms with E-state index in [4.69, 9.17) is 4.74 Å². The fraction of sp³-hybridized carbons (Fsp3) is 0.250. The second-order valence-electron chi connectivity index (χ2n) is 5.88. The second kappa shape index (κ2) is 7.63. The highest BCUT2D eigenvalue weighted by Crippen LogP contribution is 2.28. The topological polar surface area (TPSA) is 35.5 Å². The molecule has 0 aliphatic heterocycles. The van der Waals surface area contributed by atoms with Gasteiger partial charge in [-0.3, -0.25) is 0 Å². The molecule has 0 fully saturated rings. The number of esters is 1. The maximum Gasteiger partial charge on any atom is 0.330 e. The highest BCUT2D eigenvalue weighted by atomic mass is 16.5. The zero-order valence-corrected chi connectivity index (χ0v) is 13.8. The van der Waals surface area contributed by atoms with E-state index in [2.05, 4.69) is 4.74 Å². The minimum atomic E-state index is -0.352. The molecule has 2 rings (SSSR count). The molecule has 0 N–H and O–H groups in total. The normalized spacial score (nSPS) is 11.4. The monoisotopic (exact) mass is 310 g/mol. The molecular formula is C20H22O3. The maximum atomic E-state index is 11.3. The highest BCUT2D eigenvalue weighted by molar-refractivity contribution is 5.82. The van der Waals surface area contributed by atoms with Gasteiger partial charge in [-0.05, 0) is 23.3 Å². The Morgan fingerprint density at radius 1 is 1.09 bits per heavy atom. The first-order valence-electron chi connectivity index (χ1n) is 7.56. The SMILES string of the molecule is COC(=O)/C=C/C(C)(C)c1cccc(OCc2ccccc2)c1. The minimum Gasteiger partial charge on any atom is -0.489 e. The quantitative estimate of drug-likeness (QED) is 0.590. The number of hydrogen-bond donors (Lipinski definition) is 0. The largest absolute Gasteiger partial charge is 0.489 e. The van der Waals surface area contributed by atoms with Crippen LogP contribution in [0, 0.1) is 0 Å². The van der Waals surface area contributed by atoms with E-state index < -0.39 is 0 Å². The van der Waals surface area contributed by atoms with Gasteiger partial charge >= 0.3 is 5.97 Å². The third-order valence-corrected chi connectivity index (χ3v) is 3.66. The van der Waals surface area contributed by atoms with E-state index >= 15 is 0 Å². The molecule has 23 heavy (non-hydrogen) atoms. The van der Waals surface area contributed by atoms with Crippen molar-refractivity contribution >= 4 is 5.97 Å². The van der Waals surface area contributed by atoms with Crippen LogP contribution in [-0.2, 0) is 21.6 Å². The van der Waals surface area contributed by atoms with Crippen LogP contribution in [-0.4, -0.2) is 13.1 Å². The van der Waals surface area contributed by atoms with Gasteiger partial charge in [0.15, 0.2) is 0 Å². The van der Waals surface area contributed by atoms with Crippen LogP contribution in [0.3, 0.4) is 0 Å². The molecule has 0 heterocycles. The average Bonchev–Trinajstić information content (AvgIpc) is 2.59. The number of hydrogen-bond acceptors (Lipinski definition) is 3. The molecule has 0 atom stereocenters. The lowest BCUT2D eigenvalue weighted by atomic mass is 9.84. The zero-order chi connectivity index (χ0) is 16.7. The van der Waals surface area contributed by atoms with Gasteiger partial charge in [0, 0.05) is 11.5 Å². The predicted molar refractivity (Wildman–Crippen MR) is 91.4 cm³/mol. The summed E-state index contributed by atoms with van der Waals surface area (Å²) in [4.78, 5) is 11.3. The predicted octanol–water partition coefficient (Wildman–Crippen LogP) is 4.27. The van der Waals surface area contributed by atoms with E-state index in [-0.39, 0.29) is 11.4 Å². The van der Waals surface area contributed by atoms with Crippen LogP contribution in [0.5, 0.6) is 5.75 Å². The van der Waals surface area contributed by atoms with Crippen molar-refractivity contribution in [2.24, 2.45) is 0 Å². The molecule has 0 saturated carbocycles. The zero-order valence-electron chi connectivity index (χ0n) is 13.8. The third-order valence-electron chi connectivity index (χ3n) is 3.66. The summed E-state index contributed by atoms with van der Waals surface area (Å²) in [6.07, 6.45) is 3.30. The number of methoxy groups -OCH3 is 1. The van der Waals surface area contributed by atoms with Crippen molar-refractivity contribution in [1.82, 2.24) is 0 Å². The van der Waals surface area contributed by atoms with Gasteiger partial charge in [-0.15, -0.1) is 0 Å². The van der Waals surface area contributed by atoms with Gasteiger partial charge in [-0.2, -0.15) is 0 Å². The molecule has 0 aromatic heterocycles. The molecule has 0 saturated heterocycles. The fourth-order valence-electron chi connectivity index (χ4n) is 2.17. The molecule has 0 unspecified atom stereocenters. The highest BCUT2D eigenvalue weighted by Gasteiger charge is 2.18. The number of rotatable bonds is 6. The molecule has 3 nitrogen and oxygen atoms in total. The van der Waals surface area contributed by atoms with Gasteiger partial charge in [0.05, 0.1) is 7.11 Å². The molecule has 0 spiro atoms. The number of carbonyl (C=O) groups excluding carboxylic acids is 1. The number of ether oxygens (including phenoxy) is 2. The van der Waals surface area contributed by atoms with Crippen molar-refractivity contribution in [3.05, 3.63) is 77.9 Å². The Balaban J connectivity index is 2.09. The van der Waals surface area contributed by atoms with E-state index in [0.717, 1.165) is 16.9 Å². The van der Waals surface area contributed by atoms with Gasteiger partial charge in [0.2, 0.25) is 0 Å².